The van der Waals surface area contributed by atoms with Gasteiger partial charge < -0.3 is 14.8 Å². The SMILES string of the molecule is CCn1ccc2cc(NC(=O)c3cccnc3N3CCCCC3)ccc21. The molecule has 1 aromatic carbocycles. The average molecular weight is 348 g/mol. The number of piperidine rings is 1. The summed E-state index contributed by atoms with van der Waals surface area (Å²) in [6.07, 6.45) is 7.40. The van der Waals surface area contributed by atoms with E-state index in [0.717, 1.165) is 49.4 Å². The van der Waals surface area contributed by atoms with Crippen molar-refractivity contribution >= 4 is 28.3 Å². The second-order valence-corrected chi connectivity index (χ2v) is 6.75. The highest BCUT2D eigenvalue weighted by molar-refractivity contribution is 6.08. The van der Waals surface area contributed by atoms with Gasteiger partial charge in [0.05, 0.1) is 5.56 Å². The molecule has 1 amide bonds. The van der Waals surface area contributed by atoms with Crippen LogP contribution in [0.15, 0.2) is 48.8 Å². The molecule has 1 saturated heterocycles. The standard InChI is InChI=1S/C21H24N4O/c1-2-24-14-10-16-15-17(8-9-19(16)24)23-21(26)18-7-6-11-22-20(18)25-12-4-3-5-13-25/h6-11,14-15H,2-5,12-13H2,1H3,(H,23,26). The predicted molar refractivity (Wildman–Crippen MR) is 106 cm³/mol. The Morgan fingerprint density at radius 2 is 2.00 bits per heavy atom. The fourth-order valence-electron chi connectivity index (χ4n) is 3.68. The quantitative estimate of drug-likeness (QED) is 0.765. The Balaban J connectivity index is 1.58. The van der Waals surface area contributed by atoms with E-state index in [1.54, 1.807) is 6.20 Å². The molecule has 0 saturated carbocycles. The van der Waals surface area contributed by atoms with Gasteiger partial charge in [-0.2, -0.15) is 0 Å². The molecule has 2 aromatic heterocycles. The maximum atomic E-state index is 12.9. The van der Waals surface area contributed by atoms with Gasteiger partial charge in [-0.1, -0.05) is 0 Å². The van der Waals surface area contributed by atoms with E-state index in [0.29, 0.717) is 5.56 Å². The van der Waals surface area contributed by atoms with Crippen molar-refractivity contribution < 1.29 is 4.79 Å². The first-order valence-electron chi connectivity index (χ1n) is 9.36. The first-order valence-corrected chi connectivity index (χ1v) is 9.36. The molecule has 0 atom stereocenters. The lowest BCUT2D eigenvalue weighted by Crippen LogP contribution is -2.32. The zero-order chi connectivity index (χ0) is 17.9. The molecular weight excluding hydrogens is 324 g/mol. The van der Waals surface area contributed by atoms with E-state index in [-0.39, 0.29) is 5.91 Å². The highest BCUT2D eigenvalue weighted by Gasteiger charge is 2.19. The molecule has 1 aliphatic heterocycles. The molecule has 0 bridgehead atoms. The Bertz CT molecular complexity index is 925. The minimum atomic E-state index is -0.104. The Kier molecular flexibility index (Phi) is 4.61. The molecular formula is C21H24N4O. The third kappa shape index (κ3) is 3.17. The normalized spacial score (nSPS) is 14.6. The highest BCUT2D eigenvalue weighted by atomic mass is 16.1. The van der Waals surface area contributed by atoms with Crippen molar-refractivity contribution in [2.45, 2.75) is 32.7 Å². The Morgan fingerprint density at radius 1 is 1.15 bits per heavy atom. The van der Waals surface area contributed by atoms with Gasteiger partial charge in [-0.3, -0.25) is 4.79 Å². The fourth-order valence-corrected chi connectivity index (χ4v) is 3.68. The Hall–Kier alpha value is -2.82. The van der Waals surface area contributed by atoms with Crippen molar-refractivity contribution in [3.05, 3.63) is 54.4 Å². The van der Waals surface area contributed by atoms with Crippen molar-refractivity contribution in [3.8, 4) is 0 Å². The van der Waals surface area contributed by atoms with Crippen LogP contribution in [-0.2, 0) is 6.54 Å². The third-order valence-electron chi connectivity index (χ3n) is 5.06. The number of nitrogens with zero attached hydrogens (tertiary/aromatic N) is 3. The fraction of sp³-hybridized carbons (Fsp3) is 0.333. The van der Waals surface area contributed by atoms with Gasteiger partial charge in [0.25, 0.3) is 5.91 Å². The molecule has 26 heavy (non-hydrogen) atoms. The van der Waals surface area contributed by atoms with Gasteiger partial charge in [0.1, 0.15) is 5.82 Å². The zero-order valence-corrected chi connectivity index (χ0v) is 15.1. The van der Waals surface area contributed by atoms with Crippen molar-refractivity contribution in [2.75, 3.05) is 23.3 Å². The van der Waals surface area contributed by atoms with Crippen LogP contribution in [0.25, 0.3) is 10.9 Å². The number of fused-ring (bicyclic) bond motifs is 1. The number of benzene rings is 1. The van der Waals surface area contributed by atoms with E-state index in [2.05, 4.69) is 45.0 Å². The van der Waals surface area contributed by atoms with Crippen LogP contribution in [0.1, 0.15) is 36.5 Å². The molecule has 0 aliphatic carbocycles. The number of hydrogen-bond acceptors (Lipinski definition) is 3. The van der Waals surface area contributed by atoms with E-state index in [1.165, 1.54) is 11.9 Å². The second-order valence-electron chi connectivity index (χ2n) is 6.75. The second kappa shape index (κ2) is 7.20. The van der Waals surface area contributed by atoms with E-state index < -0.39 is 0 Å². The maximum Gasteiger partial charge on any atom is 0.259 e. The summed E-state index contributed by atoms with van der Waals surface area (Å²) in [5, 5.41) is 4.17. The van der Waals surface area contributed by atoms with E-state index >= 15 is 0 Å². The molecule has 1 fully saturated rings. The number of aryl methyl sites for hydroxylation is 1. The molecule has 1 N–H and O–H groups in total. The number of carbonyl (C=O) groups excluding carboxylic acids is 1. The molecule has 0 unspecified atom stereocenters. The molecule has 0 spiro atoms. The minimum absolute atomic E-state index is 0.104. The summed E-state index contributed by atoms with van der Waals surface area (Å²) in [5.74, 6) is 0.691. The molecule has 3 heterocycles. The number of aromatic nitrogens is 2. The summed E-state index contributed by atoms with van der Waals surface area (Å²) in [6, 6.07) is 11.8. The van der Waals surface area contributed by atoms with Crippen molar-refractivity contribution in [1.82, 2.24) is 9.55 Å². The van der Waals surface area contributed by atoms with Crippen LogP contribution in [0.3, 0.4) is 0 Å². The number of anilines is 2. The number of pyridine rings is 1. The lowest BCUT2D eigenvalue weighted by atomic mass is 10.1. The Morgan fingerprint density at radius 3 is 2.81 bits per heavy atom. The Labute approximate surface area is 153 Å². The van der Waals surface area contributed by atoms with Gasteiger partial charge in [-0.15, -0.1) is 0 Å². The number of carbonyl (C=O) groups is 1. The monoisotopic (exact) mass is 348 g/mol. The minimum Gasteiger partial charge on any atom is -0.356 e. The summed E-state index contributed by atoms with van der Waals surface area (Å²) in [4.78, 5) is 19.6. The number of hydrogen-bond donors (Lipinski definition) is 1. The number of amides is 1. The number of nitrogens with one attached hydrogen (secondary N) is 1. The van der Waals surface area contributed by atoms with Gasteiger partial charge in [0.2, 0.25) is 0 Å². The first-order chi connectivity index (χ1) is 12.8. The average Bonchev–Trinajstić information content (AvgIpc) is 3.11. The van der Waals surface area contributed by atoms with Crippen LogP contribution < -0.4 is 10.2 Å². The van der Waals surface area contributed by atoms with Crippen LogP contribution in [0.2, 0.25) is 0 Å². The van der Waals surface area contributed by atoms with Crippen molar-refractivity contribution in [3.63, 3.8) is 0 Å². The van der Waals surface area contributed by atoms with Crippen LogP contribution in [0.5, 0.6) is 0 Å². The molecule has 134 valence electrons. The summed E-state index contributed by atoms with van der Waals surface area (Å²) in [7, 11) is 0. The maximum absolute atomic E-state index is 12.9. The van der Waals surface area contributed by atoms with Gasteiger partial charge >= 0.3 is 0 Å². The lowest BCUT2D eigenvalue weighted by Gasteiger charge is -2.29. The number of rotatable bonds is 4. The topological polar surface area (TPSA) is 50.2 Å². The first kappa shape index (κ1) is 16.6. The molecule has 1 aliphatic rings. The lowest BCUT2D eigenvalue weighted by molar-refractivity contribution is 0.102. The van der Waals surface area contributed by atoms with Crippen LogP contribution in [0, 0.1) is 0 Å². The van der Waals surface area contributed by atoms with Crippen molar-refractivity contribution in [1.29, 1.82) is 0 Å². The summed E-state index contributed by atoms with van der Waals surface area (Å²) < 4.78 is 2.19. The molecule has 0 radical (unpaired) electrons. The van der Waals surface area contributed by atoms with Gasteiger partial charge in [-0.05, 0) is 62.6 Å². The van der Waals surface area contributed by atoms with E-state index in [4.69, 9.17) is 0 Å². The van der Waals surface area contributed by atoms with Gasteiger partial charge in [0.15, 0.2) is 0 Å². The molecule has 4 rings (SSSR count). The van der Waals surface area contributed by atoms with E-state index in [1.807, 2.05) is 24.3 Å². The van der Waals surface area contributed by atoms with Crippen LogP contribution >= 0.6 is 0 Å². The van der Waals surface area contributed by atoms with E-state index in [9.17, 15) is 4.79 Å². The molecule has 5 heteroatoms. The van der Waals surface area contributed by atoms with Crippen LogP contribution in [0.4, 0.5) is 11.5 Å². The predicted octanol–water partition coefficient (Wildman–Crippen LogP) is 4.30. The smallest absolute Gasteiger partial charge is 0.259 e. The zero-order valence-electron chi connectivity index (χ0n) is 15.1. The van der Waals surface area contributed by atoms with Gasteiger partial charge in [-0.25, -0.2) is 4.98 Å². The van der Waals surface area contributed by atoms with Crippen LogP contribution in [-0.4, -0.2) is 28.5 Å². The molecule has 3 aromatic rings. The third-order valence-corrected chi connectivity index (χ3v) is 5.06. The summed E-state index contributed by atoms with van der Waals surface area (Å²) in [5.41, 5.74) is 2.63. The van der Waals surface area contributed by atoms with Gasteiger partial charge in [0, 0.05) is 48.6 Å². The van der Waals surface area contributed by atoms with Crippen molar-refractivity contribution in [2.24, 2.45) is 0 Å². The molecule has 5 nitrogen and oxygen atoms in total. The highest BCUT2D eigenvalue weighted by Crippen LogP contribution is 2.24. The summed E-state index contributed by atoms with van der Waals surface area (Å²) >= 11 is 0. The largest absolute Gasteiger partial charge is 0.356 e. The summed E-state index contributed by atoms with van der Waals surface area (Å²) in [6.45, 7) is 4.99.